The lowest BCUT2D eigenvalue weighted by molar-refractivity contribution is 0.282. The van der Waals surface area contributed by atoms with Gasteiger partial charge in [0.15, 0.2) is 25.4 Å². The SMILES string of the molecule is Nc1c(/N=N/c2ccc(S(=O)(=O)CCOS(=O)(=O)O)cc2)c(S(=O)(=O)O)cc2cc(S(=O)(=O)O)c(/N=N/c3ccc4cc(S(=O)(=O)CCOS(=O)(=O)O)cc(S(=O)(=O)O)c4c3)c(O)c12. The maximum absolute atomic E-state index is 12.8. The summed E-state index contributed by atoms with van der Waals surface area (Å²) >= 11 is 0. The first kappa shape index (κ1) is 49.8. The first-order chi connectivity index (χ1) is 29.2. The van der Waals surface area contributed by atoms with Gasteiger partial charge in [0.2, 0.25) is 0 Å². The third-order valence-electron chi connectivity index (χ3n) is 8.28. The Morgan fingerprint density at radius 3 is 1.44 bits per heavy atom. The lowest BCUT2D eigenvalue weighted by Crippen LogP contribution is -2.16. The predicted octanol–water partition coefficient (Wildman–Crippen LogP) is 3.04. The number of phenols is 1. The number of nitrogens with zero attached hydrogens (tertiary/aromatic N) is 4. The summed E-state index contributed by atoms with van der Waals surface area (Å²) in [6, 6.07) is 9.57. The number of nitrogens with two attached hydrogens (primary N) is 1. The molecule has 0 aliphatic carbocycles. The van der Waals surface area contributed by atoms with Gasteiger partial charge in [-0.1, -0.05) is 6.07 Å². The maximum Gasteiger partial charge on any atom is 0.397 e. The Hall–Kier alpha value is -5.21. The number of fused-ring (bicyclic) bond motifs is 2. The van der Waals surface area contributed by atoms with Gasteiger partial charge in [0.05, 0.1) is 57.0 Å². The molecule has 0 aliphatic heterocycles. The third kappa shape index (κ3) is 11.9. The molecule has 0 radical (unpaired) electrons. The highest BCUT2D eigenvalue weighted by atomic mass is 32.3. The van der Waals surface area contributed by atoms with Gasteiger partial charge in [0, 0.05) is 5.39 Å². The molecule has 0 fully saturated rings. The van der Waals surface area contributed by atoms with Crippen LogP contribution in [0.15, 0.2) is 112 Å². The Labute approximate surface area is 361 Å². The van der Waals surface area contributed by atoms with E-state index in [1.165, 1.54) is 0 Å². The summed E-state index contributed by atoms with van der Waals surface area (Å²) in [5.74, 6) is -3.19. The highest BCUT2D eigenvalue weighted by Gasteiger charge is 2.29. The smallest absolute Gasteiger partial charge is 0.397 e. The predicted molar refractivity (Wildman–Crippen MR) is 217 cm³/mol. The molecule has 5 aromatic carbocycles. The molecule has 64 heavy (non-hydrogen) atoms. The molecule has 0 heterocycles. The Bertz CT molecular complexity index is 3620. The number of sulfone groups is 2. The normalized spacial score (nSPS) is 13.7. The van der Waals surface area contributed by atoms with Gasteiger partial charge in [-0.2, -0.15) is 52.3 Å². The first-order valence-electron chi connectivity index (χ1n) is 16.4. The first-order valence-corrected chi connectivity index (χ1v) is 26.8. The fourth-order valence-electron chi connectivity index (χ4n) is 5.51. The van der Waals surface area contributed by atoms with E-state index in [1.54, 1.807) is 0 Å². The topological polar surface area (TPSA) is 454 Å². The van der Waals surface area contributed by atoms with E-state index < -0.39 is 154 Å². The van der Waals surface area contributed by atoms with Crippen LogP contribution in [-0.4, -0.2) is 112 Å². The van der Waals surface area contributed by atoms with Crippen molar-refractivity contribution in [2.45, 2.75) is 24.5 Å². The van der Waals surface area contributed by atoms with E-state index in [0.29, 0.717) is 18.2 Å². The largest absolute Gasteiger partial charge is 0.505 e. The van der Waals surface area contributed by atoms with E-state index in [-0.39, 0.29) is 21.7 Å². The average Bonchev–Trinajstić information content (AvgIpc) is 3.14. The number of anilines is 1. The standard InChI is InChI=1S/C30H27N5O22S7/c31-27-26-17(12-24(61(44,45)46)28(27)34-32-18-3-5-20(6-4-18)58(37,38)9-7-56-63(50,51)52)13-25(62(47,48)49)29(30(26)36)35-33-19-2-1-16-11-21(15-23(22(16)14-19)60(41,42)43)59(39,40)10-8-57-64(53,54)55/h1-6,11-15,36H,7-10,31H2,(H,41,42,43)(H,44,45,46)(H,47,48,49)(H,50,51,52)(H,53,54,55)/b34-32+,35-33+. The lowest BCUT2D eigenvalue weighted by atomic mass is 10.1. The van der Waals surface area contributed by atoms with Crippen molar-refractivity contribution in [3.8, 4) is 5.75 Å². The second-order valence-corrected chi connectivity index (χ2v) is 23.2. The highest BCUT2D eigenvalue weighted by Crippen LogP contribution is 2.48. The monoisotopic (exact) mass is 1030 g/mol. The van der Waals surface area contributed by atoms with Gasteiger partial charge < -0.3 is 10.8 Å². The Balaban J connectivity index is 1.61. The Morgan fingerprint density at radius 1 is 0.484 bits per heavy atom. The van der Waals surface area contributed by atoms with Crippen LogP contribution in [-0.2, 0) is 79.2 Å². The van der Waals surface area contributed by atoms with E-state index in [4.69, 9.17) is 14.8 Å². The molecule has 346 valence electrons. The molecular weight excluding hydrogens is 1010 g/mol. The summed E-state index contributed by atoms with van der Waals surface area (Å²) < 4.78 is 224. The summed E-state index contributed by atoms with van der Waals surface area (Å²) in [5, 5.41) is 24.5. The minimum absolute atomic E-state index is 0.190. The summed E-state index contributed by atoms with van der Waals surface area (Å²) in [4.78, 5) is -4.52. The van der Waals surface area contributed by atoms with E-state index in [2.05, 4.69) is 28.8 Å². The van der Waals surface area contributed by atoms with Crippen LogP contribution in [0, 0.1) is 0 Å². The minimum atomic E-state index is -5.41. The van der Waals surface area contributed by atoms with Gasteiger partial charge >= 0.3 is 20.8 Å². The molecule has 0 saturated carbocycles. The molecular formula is C30H27N5O22S7. The van der Waals surface area contributed by atoms with Crippen molar-refractivity contribution in [2.24, 2.45) is 20.5 Å². The van der Waals surface area contributed by atoms with Crippen LogP contribution < -0.4 is 5.73 Å². The second-order valence-electron chi connectivity index (χ2n) is 12.6. The van der Waals surface area contributed by atoms with Crippen LogP contribution in [0.4, 0.5) is 28.4 Å². The van der Waals surface area contributed by atoms with Gasteiger partial charge in [-0.15, -0.1) is 10.2 Å². The number of benzene rings is 5. The van der Waals surface area contributed by atoms with Crippen molar-refractivity contribution in [1.29, 1.82) is 0 Å². The van der Waals surface area contributed by atoms with Gasteiger partial charge in [0.25, 0.3) is 30.4 Å². The summed E-state index contributed by atoms with van der Waals surface area (Å²) in [6.45, 7) is -2.02. The number of phenolic OH excluding ortho intramolecular Hbond substituents is 1. The number of hydrogen-bond acceptors (Lipinski definition) is 22. The zero-order chi connectivity index (χ0) is 48.0. The van der Waals surface area contributed by atoms with Crippen molar-refractivity contribution in [2.75, 3.05) is 30.5 Å². The molecule has 0 amide bonds. The van der Waals surface area contributed by atoms with Gasteiger partial charge in [-0.05, 0) is 71.4 Å². The Morgan fingerprint density at radius 2 is 0.938 bits per heavy atom. The summed E-state index contributed by atoms with van der Waals surface area (Å²) in [6.07, 6.45) is 0. The summed E-state index contributed by atoms with van der Waals surface area (Å²) in [5.41, 5.74) is 2.84. The van der Waals surface area contributed by atoms with Crippen LogP contribution >= 0.6 is 0 Å². The molecule has 8 N–H and O–H groups in total. The van der Waals surface area contributed by atoms with Crippen molar-refractivity contribution >= 4 is 121 Å². The third-order valence-corrected chi connectivity index (χ3v) is 15.2. The molecule has 27 nitrogen and oxygen atoms in total. The zero-order valence-electron chi connectivity index (χ0n) is 31.1. The van der Waals surface area contributed by atoms with E-state index >= 15 is 0 Å². The average molecular weight is 1030 g/mol. The second kappa shape index (κ2) is 17.6. The maximum atomic E-state index is 12.8. The molecule has 0 bridgehead atoms. The van der Waals surface area contributed by atoms with E-state index in [1.807, 2.05) is 0 Å². The molecule has 34 heteroatoms. The van der Waals surface area contributed by atoms with Crippen LogP contribution in [0.2, 0.25) is 0 Å². The van der Waals surface area contributed by atoms with Crippen molar-refractivity contribution in [1.82, 2.24) is 0 Å². The molecule has 5 aromatic rings. The molecule has 5 rings (SSSR count). The number of aromatic hydroxyl groups is 1. The fourth-order valence-corrected chi connectivity index (χ4v) is 10.7. The number of hydrogen-bond donors (Lipinski definition) is 7. The van der Waals surface area contributed by atoms with Gasteiger partial charge in [-0.25, -0.2) is 25.2 Å². The minimum Gasteiger partial charge on any atom is -0.505 e. The molecule has 0 aliphatic rings. The number of azo groups is 2. The molecule has 0 spiro atoms. The lowest BCUT2D eigenvalue weighted by Gasteiger charge is -2.14. The number of nitrogen functional groups attached to an aromatic ring is 1. The van der Waals surface area contributed by atoms with E-state index in [0.717, 1.165) is 48.5 Å². The fraction of sp³-hybridized carbons (Fsp3) is 0.133. The molecule has 0 saturated heterocycles. The molecule has 0 atom stereocenters. The summed E-state index contributed by atoms with van der Waals surface area (Å²) in [7, 11) is -34.7. The Kier molecular flexibility index (Phi) is 13.7. The van der Waals surface area contributed by atoms with Gasteiger partial charge in [0.1, 0.15) is 26.1 Å². The van der Waals surface area contributed by atoms with Crippen molar-refractivity contribution < 1.29 is 95.2 Å². The van der Waals surface area contributed by atoms with Crippen LogP contribution in [0.5, 0.6) is 5.75 Å². The number of rotatable bonds is 17. The van der Waals surface area contributed by atoms with E-state index in [9.17, 15) is 77.7 Å². The molecule has 0 aromatic heterocycles. The van der Waals surface area contributed by atoms with Crippen molar-refractivity contribution in [3.63, 3.8) is 0 Å². The van der Waals surface area contributed by atoms with Crippen LogP contribution in [0.25, 0.3) is 21.5 Å². The zero-order valence-corrected chi connectivity index (χ0v) is 36.8. The highest BCUT2D eigenvalue weighted by molar-refractivity contribution is 7.92. The molecule has 0 unspecified atom stereocenters. The van der Waals surface area contributed by atoms with Crippen molar-refractivity contribution in [3.05, 3.63) is 66.7 Å². The van der Waals surface area contributed by atoms with Gasteiger partial charge in [-0.3, -0.25) is 22.8 Å². The van der Waals surface area contributed by atoms with Crippen LogP contribution in [0.3, 0.4) is 0 Å². The quantitative estimate of drug-likeness (QED) is 0.0400. The van der Waals surface area contributed by atoms with Crippen LogP contribution in [0.1, 0.15) is 0 Å².